The molecule has 44 heavy (non-hydrogen) atoms. The zero-order chi connectivity index (χ0) is 31.8. The number of amides is 1. The number of allylic oxidation sites excluding steroid dienone is 2. The van der Waals surface area contributed by atoms with Crippen LogP contribution in [0.5, 0.6) is 17.2 Å². The first-order chi connectivity index (χ1) is 20.8. The quantitative estimate of drug-likeness (QED) is 0.182. The largest absolute Gasteiger partial charge is 0.511 e. The number of phenolic OH excluding ortho intramolecular Hbond substituents is 1. The fraction of sp³-hybridized carbons (Fsp3) is 0.387. The summed E-state index contributed by atoms with van der Waals surface area (Å²) in [7, 11) is 7.01. The number of hydrogen-bond acceptors (Lipinski definition) is 12. The van der Waals surface area contributed by atoms with Crippen LogP contribution in [0.25, 0.3) is 0 Å². The van der Waals surface area contributed by atoms with Crippen molar-refractivity contribution in [1.29, 1.82) is 0 Å². The predicted octanol–water partition coefficient (Wildman–Crippen LogP) is 1.68. The molecule has 0 aromatic heterocycles. The van der Waals surface area contributed by atoms with Crippen LogP contribution in [0.3, 0.4) is 0 Å². The highest BCUT2D eigenvalue weighted by atomic mass is 16.7. The molecular formula is C31H35N5O8. The van der Waals surface area contributed by atoms with Gasteiger partial charge in [-0.05, 0) is 68.1 Å². The van der Waals surface area contributed by atoms with E-state index in [4.69, 9.17) is 21.1 Å². The topological polar surface area (TPSA) is 192 Å². The second kappa shape index (κ2) is 10.5. The fourth-order valence-electron chi connectivity index (χ4n) is 7.24. The predicted molar refractivity (Wildman–Crippen MR) is 159 cm³/mol. The Morgan fingerprint density at radius 2 is 1.70 bits per heavy atom. The van der Waals surface area contributed by atoms with Gasteiger partial charge in [-0.2, -0.15) is 0 Å². The van der Waals surface area contributed by atoms with Crippen LogP contribution in [0.4, 0.5) is 11.4 Å². The van der Waals surface area contributed by atoms with Gasteiger partial charge in [-0.25, -0.2) is 5.84 Å². The monoisotopic (exact) mass is 605 g/mol. The number of Topliss-reactive ketones (excluding diaryl/α,β-unsaturated/α-hetero) is 2. The maximum absolute atomic E-state index is 14.2. The molecule has 0 saturated heterocycles. The third kappa shape index (κ3) is 4.34. The van der Waals surface area contributed by atoms with E-state index in [1.165, 1.54) is 5.01 Å². The molecule has 1 amide bonds. The number of aromatic hydroxyl groups is 1. The third-order valence-corrected chi connectivity index (χ3v) is 9.10. The molecular weight excluding hydrogens is 570 g/mol. The Morgan fingerprint density at radius 3 is 2.36 bits per heavy atom. The highest BCUT2D eigenvalue weighted by Gasteiger charge is 2.54. The van der Waals surface area contributed by atoms with Crippen molar-refractivity contribution in [2.45, 2.75) is 25.4 Å². The zero-order valence-corrected chi connectivity index (χ0v) is 24.8. The molecule has 2 aromatic rings. The molecule has 13 heteroatoms. The number of aliphatic hydroxyl groups is 2. The van der Waals surface area contributed by atoms with E-state index in [0.29, 0.717) is 22.7 Å². The Bertz CT molecular complexity index is 1680. The van der Waals surface area contributed by atoms with Gasteiger partial charge in [0.1, 0.15) is 17.1 Å². The summed E-state index contributed by atoms with van der Waals surface area (Å²) in [5, 5.41) is 35.4. The molecule has 0 saturated carbocycles. The number of ether oxygens (including phenoxy) is 2. The van der Waals surface area contributed by atoms with Gasteiger partial charge in [0.05, 0.1) is 29.8 Å². The van der Waals surface area contributed by atoms with Gasteiger partial charge in [0.25, 0.3) is 5.91 Å². The maximum Gasteiger partial charge on any atom is 0.255 e. The summed E-state index contributed by atoms with van der Waals surface area (Å²) in [6.45, 7) is 0.287. The van der Waals surface area contributed by atoms with Crippen LogP contribution < -0.4 is 31.0 Å². The van der Waals surface area contributed by atoms with Crippen molar-refractivity contribution >= 4 is 28.8 Å². The molecule has 4 aliphatic rings. The molecule has 0 fully saturated rings. The number of fused-ring (bicyclic) bond motifs is 4. The molecule has 1 heterocycles. The number of likely N-dealkylation sites (N-methyl/N-ethyl adjacent to an activating group) is 1. The van der Waals surface area contributed by atoms with Crippen LogP contribution in [0.2, 0.25) is 0 Å². The molecule has 1 aliphatic heterocycles. The van der Waals surface area contributed by atoms with Crippen molar-refractivity contribution in [3.8, 4) is 17.2 Å². The second-order valence-corrected chi connectivity index (χ2v) is 12.1. The number of hydrogen-bond donors (Lipinski definition) is 5. The van der Waals surface area contributed by atoms with Crippen LogP contribution in [0.15, 0.2) is 46.9 Å². The van der Waals surface area contributed by atoms with Crippen LogP contribution in [-0.2, 0) is 22.6 Å². The summed E-state index contributed by atoms with van der Waals surface area (Å²) >= 11 is 0. The average molecular weight is 606 g/mol. The van der Waals surface area contributed by atoms with Crippen molar-refractivity contribution in [1.82, 2.24) is 4.90 Å². The first kappa shape index (κ1) is 29.3. The molecule has 0 spiro atoms. The maximum atomic E-state index is 14.2. The normalized spacial score (nSPS) is 23.9. The van der Waals surface area contributed by atoms with Crippen molar-refractivity contribution in [3.05, 3.63) is 63.6 Å². The lowest BCUT2D eigenvalue weighted by Crippen LogP contribution is -2.53. The first-order valence-corrected chi connectivity index (χ1v) is 14.2. The van der Waals surface area contributed by atoms with E-state index in [2.05, 4.69) is 0 Å². The minimum Gasteiger partial charge on any atom is -0.511 e. The number of rotatable bonds is 6. The van der Waals surface area contributed by atoms with Crippen molar-refractivity contribution in [3.63, 3.8) is 0 Å². The van der Waals surface area contributed by atoms with E-state index in [1.54, 1.807) is 37.2 Å². The minimum atomic E-state index is -1.26. The van der Waals surface area contributed by atoms with Crippen molar-refractivity contribution in [2.75, 3.05) is 44.9 Å². The van der Waals surface area contributed by atoms with Gasteiger partial charge < -0.3 is 40.4 Å². The molecule has 1 unspecified atom stereocenters. The average Bonchev–Trinajstić information content (AvgIpc) is 3.40. The number of nitrogens with zero attached hydrogens (tertiary/aromatic N) is 3. The Morgan fingerprint density at radius 1 is 1.00 bits per heavy atom. The summed E-state index contributed by atoms with van der Waals surface area (Å²) < 4.78 is 10.8. The Labute approximate surface area is 253 Å². The lowest BCUT2D eigenvalue weighted by atomic mass is 9.61. The van der Waals surface area contributed by atoms with Crippen molar-refractivity contribution < 1.29 is 39.2 Å². The van der Waals surface area contributed by atoms with E-state index < -0.39 is 58.4 Å². The van der Waals surface area contributed by atoms with Gasteiger partial charge in [-0.1, -0.05) is 6.07 Å². The van der Waals surface area contributed by atoms with E-state index in [0.717, 1.165) is 5.56 Å². The molecule has 6 rings (SSSR count). The lowest BCUT2D eigenvalue weighted by molar-refractivity contribution is -0.127. The summed E-state index contributed by atoms with van der Waals surface area (Å²) in [4.78, 5) is 43.4. The molecule has 0 bridgehead atoms. The Balaban J connectivity index is 1.44. The smallest absolute Gasteiger partial charge is 0.255 e. The van der Waals surface area contributed by atoms with Gasteiger partial charge in [0, 0.05) is 25.4 Å². The highest BCUT2D eigenvalue weighted by molar-refractivity contribution is 6.22. The number of carbonyl (C=O) groups excluding carboxylic acids is 3. The zero-order valence-electron chi connectivity index (χ0n) is 24.8. The van der Waals surface area contributed by atoms with Crippen molar-refractivity contribution in [2.24, 2.45) is 29.3 Å². The van der Waals surface area contributed by atoms with E-state index in [9.17, 15) is 29.7 Å². The molecule has 232 valence electrons. The summed E-state index contributed by atoms with van der Waals surface area (Å²) in [5.74, 6) is 1.46. The second-order valence-electron chi connectivity index (χ2n) is 12.1. The SMILES string of the molecule is CN(C)c1cc(N(N)Cc2ccc3c(c2)OCO3)c(O)c2c1C[C@H]1C[C@@H]3C(C(=O)C(C(N)=O)=C(O)[C@H]3N(C)C)C(O)=C1C2=O. The van der Waals surface area contributed by atoms with Crippen LogP contribution >= 0.6 is 0 Å². The number of hydrazine groups is 1. The summed E-state index contributed by atoms with van der Waals surface area (Å²) in [6, 6.07) is 6.31. The Hall–Kier alpha value is -4.75. The van der Waals surface area contributed by atoms with Gasteiger partial charge >= 0.3 is 0 Å². The number of ketones is 2. The van der Waals surface area contributed by atoms with Gasteiger partial charge in [0.2, 0.25) is 6.79 Å². The standard InChI is InChI=1S/C31H35N5O8/c1-34(2)17-10-18(36(33)11-13-5-6-19-20(7-13)44-12-43-19)26(37)22-15(17)8-14-9-16-23(28(39)21(14)27(22)38)29(40)24(31(32)42)30(41)25(16)35(3)4/h5-7,10,14,16,23,25,37,39,41H,8-9,11-12,33H2,1-4H3,(H2,32,42)/t14-,16+,23?,25-/m0/s1. The first-order valence-electron chi connectivity index (χ1n) is 14.2. The van der Waals surface area contributed by atoms with Crippen LogP contribution in [0.1, 0.15) is 27.9 Å². The Kier molecular flexibility index (Phi) is 6.97. The molecule has 3 aliphatic carbocycles. The number of anilines is 2. The van der Waals surface area contributed by atoms with Gasteiger partial charge in [-0.15, -0.1) is 0 Å². The summed E-state index contributed by atoms with van der Waals surface area (Å²) in [6.07, 6.45) is 0.543. The molecule has 7 N–H and O–H groups in total. The highest BCUT2D eigenvalue weighted by Crippen LogP contribution is 2.52. The van der Waals surface area contributed by atoms with E-state index in [1.807, 2.05) is 25.1 Å². The van der Waals surface area contributed by atoms with Gasteiger partial charge in [-0.3, -0.25) is 19.3 Å². The van der Waals surface area contributed by atoms with Crippen LogP contribution in [0, 0.1) is 17.8 Å². The molecule has 2 aromatic carbocycles. The fourth-order valence-corrected chi connectivity index (χ4v) is 7.24. The summed E-state index contributed by atoms with van der Waals surface area (Å²) in [5.41, 5.74) is 7.08. The van der Waals surface area contributed by atoms with E-state index in [-0.39, 0.29) is 48.8 Å². The minimum absolute atomic E-state index is 0.00585. The number of benzene rings is 2. The number of phenols is 1. The number of carbonyl (C=O) groups is 3. The molecule has 4 atom stereocenters. The van der Waals surface area contributed by atoms with E-state index >= 15 is 0 Å². The number of aliphatic hydroxyl groups excluding tert-OH is 2. The number of primary amides is 1. The third-order valence-electron chi connectivity index (χ3n) is 9.10. The molecule has 0 radical (unpaired) electrons. The van der Waals surface area contributed by atoms with Gasteiger partial charge in [0.15, 0.2) is 28.8 Å². The molecule has 13 nitrogen and oxygen atoms in total. The number of nitrogens with two attached hydrogens (primary N) is 2. The van der Waals surface area contributed by atoms with Crippen LogP contribution in [-0.4, -0.2) is 78.7 Å². The lowest BCUT2D eigenvalue weighted by Gasteiger charge is -2.46.